The van der Waals surface area contributed by atoms with E-state index in [1.807, 2.05) is 6.92 Å². The van der Waals surface area contributed by atoms with Gasteiger partial charge < -0.3 is 10.4 Å². The summed E-state index contributed by atoms with van der Waals surface area (Å²) < 4.78 is 0. The van der Waals surface area contributed by atoms with E-state index < -0.39 is 5.97 Å². The van der Waals surface area contributed by atoms with Crippen LogP contribution in [0.4, 0.5) is 9.93 Å². The van der Waals surface area contributed by atoms with Gasteiger partial charge in [0.15, 0.2) is 5.13 Å². The van der Waals surface area contributed by atoms with Crippen LogP contribution in [-0.4, -0.2) is 34.7 Å². The lowest BCUT2D eigenvalue weighted by Gasteiger charge is -2.08. The summed E-state index contributed by atoms with van der Waals surface area (Å²) in [6, 6.07) is -0.164. The van der Waals surface area contributed by atoms with Crippen LogP contribution in [-0.2, 0) is 0 Å². The monoisotopic (exact) mass is 241 g/mol. The number of hydrogen-bond acceptors (Lipinski definition) is 4. The number of amides is 2. The highest BCUT2D eigenvalue weighted by molar-refractivity contribution is 7.17. The Bertz CT molecular complexity index is 457. The minimum atomic E-state index is -1.01. The smallest absolute Gasteiger partial charge is 0.347 e. The number of carbonyl (C=O) groups is 2. The molecule has 1 fully saturated rings. The maximum Gasteiger partial charge on any atom is 0.347 e. The number of aromatic carboxylic acids is 1. The number of aryl methyl sites for hydroxylation is 1. The van der Waals surface area contributed by atoms with Crippen molar-refractivity contribution in [1.82, 2.24) is 10.3 Å². The molecule has 2 amide bonds. The van der Waals surface area contributed by atoms with Gasteiger partial charge >= 0.3 is 12.0 Å². The van der Waals surface area contributed by atoms with Crippen molar-refractivity contribution >= 4 is 28.5 Å². The van der Waals surface area contributed by atoms with E-state index in [9.17, 15) is 9.59 Å². The molecule has 2 N–H and O–H groups in total. The lowest BCUT2D eigenvalue weighted by atomic mass is 10.4. The summed E-state index contributed by atoms with van der Waals surface area (Å²) in [5, 5.41) is 12.1. The van der Waals surface area contributed by atoms with Crippen LogP contribution in [0.2, 0.25) is 0 Å². The van der Waals surface area contributed by atoms with Gasteiger partial charge in [0, 0.05) is 12.6 Å². The Balaban J connectivity index is 2.31. The predicted molar refractivity (Wildman–Crippen MR) is 59.2 cm³/mol. The number of aromatic nitrogens is 1. The second kappa shape index (κ2) is 3.75. The third kappa shape index (κ3) is 1.73. The molecular weight excluding hydrogens is 230 g/mol. The number of nitrogens with zero attached hydrogens (tertiary/aromatic N) is 2. The third-order valence-corrected chi connectivity index (χ3v) is 3.45. The van der Waals surface area contributed by atoms with Gasteiger partial charge in [0.25, 0.3) is 0 Å². The number of carboxylic acids is 1. The zero-order chi connectivity index (χ0) is 11.9. The minimum absolute atomic E-state index is 0.0602. The number of nitrogens with one attached hydrogen (secondary N) is 1. The molecule has 86 valence electrons. The molecule has 2 heterocycles. The molecule has 1 aliphatic rings. The molecule has 1 aliphatic heterocycles. The van der Waals surface area contributed by atoms with Crippen LogP contribution in [0, 0.1) is 6.92 Å². The van der Waals surface area contributed by atoms with E-state index in [0.717, 1.165) is 11.3 Å². The van der Waals surface area contributed by atoms with Gasteiger partial charge in [-0.1, -0.05) is 11.3 Å². The molecule has 1 saturated heterocycles. The molecule has 2 rings (SSSR count). The van der Waals surface area contributed by atoms with E-state index in [4.69, 9.17) is 5.11 Å². The predicted octanol–water partition coefficient (Wildman–Crippen LogP) is 1.07. The number of carboxylic acid groups (broad SMARTS) is 1. The highest BCUT2D eigenvalue weighted by Gasteiger charge is 2.30. The molecule has 16 heavy (non-hydrogen) atoms. The van der Waals surface area contributed by atoms with Crippen LogP contribution in [0.5, 0.6) is 0 Å². The molecule has 1 aromatic heterocycles. The van der Waals surface area contributed by atoms with Crippen LogP contribution >= 0.6 is 11.3 Å². The molecule has 0 aromatic carbocycles. The lowest BCUT2D eigenvalue weighted by molar-refractivity contribution is 0.0701. The number of urea groups is 1. The van der Waals surface area contributed by atoms with Crippen molar-refractivity contribution in [3.05, 3.63) is 10.6 Å². The quantitative estimate of drug-likeness (QED) is 0.811. The molecule has 6 nitrogen and oxygen atoms in total. The normalized spacial score (nSPS) is 20.0. The van der Waals surface area contributed by atoms with E-state index >= 15 is 0 Å². The summed E-state index contributed by atoms with van der Waals surface area (Å²) in [6.45, 7) is 4.03. The Hall–Kier alpha value is -1.63. The van der Waals surface area contributed by atoms with Crippen molar-refractivity contribution in [3.8, 4) is 0 Å². The number of rotatable bonds is 2. The lowest BCUT2D eigenvalue weighted by Crippen LogP contribution is -2.27. The van der Waals surface area contributed by atoms with Crippen molar-refractivity contribution in [3.63, 3.8) is 0 Å². The first kappa shape index (κ1) is 10.9. The molecule has 7 heteroatoms. The van der Waals surface area contributed by atoms with Crippen LogP contribution < -0.4 is 10.2 Å². The average molecular weight is 241 g/mol. The van der Waals surface area contributed by atoms with Crippen molar-refractivity contribution < 1.29 is 14.7 Å². The number of thiazole rings is 1. The van der Waals surface area contributed by atoms with Gasteiger partial charge in [0.1, 0.15) is 4.88 Å². The first-order valence-electron chi connectivity index (χ1n) is 4.78. The first-order chi connectivity index (χ1) is 7.49. The van der Waals surface area contributed by atoms with Gasteiger partial charge in [-0.3, -0.25) is 4.90 Å². The van der Waals surface area contributed by atoms with Crippen molar-refractivity contribution in [2.75, 3.05) is 11.4 Å². The largest absolute Gasteiger partial charge is 0.477 e. The minimum Gasteiger partial charge on any atom is -0.477 e. The van der Waals surface area contributed by atoms with E-state index in [-0.39, 0.29) is 17.0 Å². The fourth-order valence-electron chi connectivity index (χ4n) is 1.55. The Morgan fingerprint density at radius 3 is 2.81 bits per heavy atom. The molecule has 1 atom stereocenters. The van der Waals surface area contributed by atoms with Gasteiger partial charge in [-0.15, -0.1) is 0 Å². The third-order valence-electron chi connectivity index (χ3n) is 2.28. The van der Waals surface area contributed by atoms with E-state index in [2.05, 4.69) is 10.3 Å². The summed E-state index contributed by atoms with van der Waals surface area (Å²) in [5.41, 5.74) is 0.444. The van der Waals surface area contributed by atoms with E-state index in [0.29, 0.717) is 17.4 Å². The molecular formula is C9H11N3O3S. The number of anilines is 1. The molecule has 0 bridgehead atoms. The fourth-order valence-corrected chi connectivity index (χ4v) is 2.47. The van der Waals surface area contributed by atoms with E-state index in [1.165, 1.54) is 4.90 Å². The van der Waals surface area contributed by atoms with Gasteiger partial charge in [-0.05, 0) is 13.8 Å². The zero-order valence-electron chi connectivity index (χ0n) is 8.85. The molecule has 0 saturated carbocycles. The first-order valence-corrected chi connectivity index (χ1v) is 5.59. The zero-order valence-corrected chi connectivity index (χ0v) is 9.67. The van der Waals surface area contributed by atoms with Gasteiger partial charge in [-0.2, -0.15) is 0 Å². The highest BCUT2D eigenvalue weighted by atomic mass is 32.1. The molecule has 0 aliphatic carbocycles. The molecule has 0 radical (unpaired) electrons. The molecule has 0 spiro atoms. The van der Waals surface area contributed by atoms with E-state index in [1.54, 1.807) is 6.92 Å². The van der Waals surface area contributed by atoms with Crippen molar-refractivity contribution in [2.45, 2.75) is 19.9 Å². The number of hydrogen-bond donors (Lipinski definition) is 2. The average Bonchev–Trinajstić information content (AvgIpc) is 2.69. The highest BCUT2D eigenvalue weighted by Crippen LogP contribution is 2.27. The molecule has 1 aromatic rings. The standard InChI is InChI=1S/C9H11N3O3S/c1-4-3-12(8(15)10-4)9-11-5(2)6(16-9)7(13)14/h4H,3H2,1-2H3,(H,10,15)(H,13,14). The van der Waals surface area contributed by atoms with Gasteiger partial charge in [0.05, 0.1) is 5.69 Å². The Morgan fingerprint density at radius 1 is 1.69 bits per heavy atom. The van der Waals surface area contributed by atoms with Crippen LogP contribution in [0.25, 0.3) is 0 Å². The summed E-state index contributed by atoms with van der Waals surface area (Å²) >= 11 is 1.03. The van der Waals surface area contributed by atoms with Crippen LogP contribution in [0.3, 0.4) is 0 Å². The topological polar surface area (TPSA) is 82.5 Å². The molecule has 1 unspecified atom stereocenters. The van der Waals surface area contributed by atoms with Gasteiger partial charge in [-0.25, -0.2) is 14.6 Å². The summed E-state index contributed by atoms with van der Waals surface area (Å²) in [4.78, 5) is 28.1. The number of carbonyl (C=O) groups excluding carboxylic acids is 1. The van der Waals surface area contributed by atoms with Crippen molar-refractivity contribution in [1.29, 1.82) is 0 Å². The second-order valence-corrected chi connectivity index (χ2v) is 4.65. The maximum atomic E-state index is 11.5. The Morgan fingerprint density at radius 2 is 2.38 bits per heavy atom. The summed E-state index contributed by atoms with van der Waals surface area (Å²) in [5.74, 6) is -1.01. The van der Waals surface area contributed by atoms with Crippen LogP contribution in [0.1, 0.15) is 22.3 Å². The summed E-state index contributed by atoms with van der Waals surface area (Å²) in [7, 11) is 0. The van der Waals surface area contributed by atoms with Gasteiger partial charge in [0.2, 0.25) is 0 Å². The summed E-state index contributed by atoms with van der Waals surface area (Å²) in [6.07, 6.45) is 0. The van der Waals surface area contributed by atoms with Crippen molar-refractivity contribution in [2.24, 2.45) is 0 Å². The second-order valence-electron chi connectivity index (χ2n) is 3.68. The SMILES string of the molecule is Cc1nc(N2CC(C)NC2=O)sc1C(=O)O. The Labute approximate surface area is 95.9 Å². The maximum absolute atomic E-state index is 11.5. The fraction of sp³-hybridized carbons (Fsp3) is 0.444. The Kier molecular flexibility index (Phi) is 2.55. The van der Waals surface area contributed by atoms with Crippen LogP contribution in [0.15, 0.2) is 0 Å².